The fourth-order valence-corrected chi connectivity index (χ4v) is 3.59. The van der Waals surface area contributed by atoms with E-state index in [-0.39, 0.29) is 11.8 Å². The molecule has 2 aromatic heterocycles. The van der Waals surface area contributed by atoms with Crippen molar-refractivity contribution in [2.24, 2.45) is 13.0 Å². The maximum absolute atomic E-state index is 13.9. The van der Waals surface area contributed by atoms with Crippen LogP contribution in [-0.4, -0.2) is 55.9 Å². The molecule has 8 nitrogen and oxygen atoms in total. The summed E-state index contributed by atoms with van der Waals surface area (Å²) in [5, 5.41) is 11.2. The van der Waals surface area contributed by atoms with Crippen molar-refractivity contribution in [1.82, 2.24) is 29.8 Å². The van der Waals surface area contributed by atoms with Crippen molar-refractivity contribution in [2.45, 2.75) is 12.8 Å². The van der Waals surface area contributed by atoms with Crippen LogP contribution in [0.2, 0.25) is 0 Å². The van der Waals surface area contributed by atoms with Gasteiger partial charge in [-0.05, 0) is 37.0 Å². The molecule has 30 heavy (non-hydrogen) atoms. The van der Waals surface area contributed by atoms with Gasteiger partial charge in [-0.25, -0.2) is 9.07 Å². The van der Waals surface area contributed by atoms with Crippen LogP contribution in [0.15, 0.2) is 48.9 Å². The lowest BCUT2D eigenvalue weighted by atomic mass is 9.96. The van der Waals surface area contributed by atoms with Crippen molar-refractivity contribution in [3.63, 3.8) is 0 Å². The Morgan fingerprint density at radius 1 is 1.20 bits per heavy atom. The molecule has 1 aromatic carbocycles. The molecule has 156 valence electrons. The van der Waals surface area contributed by atoms with Gasteiger partial charge in [-0.2, -0.15) is 10.2 Å². The second kappa shape index (κ2) is 8.48. The Hall–Kier alpha value is -3.49. The molecule has 3 heterocycles. The summed E-state index contributed by atoms with van der Waals surface area (Å²) in [5.41, 5.74) is 1.14. The van der Waals surface area contributed by atoms with Crippen molar-refractivity contribution >= 4 is 11.8 Å². The highest BCUT2D eigenvalue weighted by atomic mass is 19.1. The average Bonchev–Trinajstić information content (AvgIpc) is 3.42. The number of amides is 2. The second-order valence-electron chi connectivity index (χ2n) is 7.45. The minimum atomic E-state index is -0.395. The van der Waals surface area contributed by atoms with Crippen LogP contribution in [-0.2, 0) is 7.05 Å². The van der Waals surface area contributed by atoms with Gasteiger partial charge >= 0.3 is 0 Å². The van der Waals surface area contributed by atoms with Gasteiger partial charge in [0.1, 0.15) is 11.5 Å². The third-order valence-electron chi connectivity index (χ3n) is 5.33. The molecule has 3 aromatic rings. The van der Waals surface area contributed by atoms with Gasteiger partial charge in [-0.15, -0.1) is 0 Å². The van der Waals surface area contributed by atoms with Gasteiger partial charge in [0.05, 0.1) is 11.8 Å². The van der Waals surface area contributed by atoms with Gasteiger partial charge in [-0.3, -0.25) is 14.3 Å². The number of nitrogens with one attached hydrogen (secondary N) is 1. The summed E-state index contributed by atoms with van der Waals surface area (Å²) in [7, 11) is 1.77. The maximum atomic E-state index is 13.9. The van der Waals surface area contributed by atoms with Crippen molar-refractivity contribution in [1.29, 1.82) is 0 Å². The third-order valence-corrected chi connectivity index (χ3v) is 5.33. The van der Waals surface area contributed by atoms with Gasteiger partial charge in [-0.1, -0.05) is 12.1 Å². The van der Waals surface area contributed by atoms with E-state index in [0.29, 0.717) is 42.5 Å². The maximum Gasteiger partial charge on any atom is 0.274 e. The van der Waals surface area contributed by atoms with Crippen LogP contribution in [0.1, 0.15) is 33.7 Å². The van der Waals surface area contributed by atoms with E-state index in [0.717, 1.165) is 12.8 Å². The first-order valence-corrected chi connectivity index (χ1v) is 9.88. The molecular formula is C21H23FN6O2. The number of aromatic nitrogens is 4. The number of carbonyl (C=O) groups excluding carboxylic acids is 2. The Kier molecular flexibility index (Phi) is 5.60. The van der Waals surface area contributed by atoms with E-state index in [1.54, 1.807) is 53.3 Å². The lowest BCUT2D eigenvalue weighted by molar-refractivity contribution is 0.0678. The molecule has 1 aliphatic rings. The summed E-state index contributed by atoms with van der Waals surface area (Å²) in [6, 6.07) is 7.91. The van der Waals surface area contributed by atoms with Gasteiger partial charge in [0.15, 0.2) is 5.69 Å². The molecule has 2 amide bonds. The van der Waals surface area contributed by atoms with Crippen LogP contribution in [0.25, 0.3) is 5.69 Å². The van der Waals surface area contributed by atoms with Crippen LogP contribution in [0.4, 0.5) is 4.39 Å². The van der Waals surface area contributed by atoms with E-state index >= 15 is 0 Å². The summed E-state index contributed by atoms with van der Waals surface area (Å²) < 4.78 is 16.9. The molecule has 0 saturated carbocycles. The number of hydrogen-bond donors (Lipinski definition) is 1. The molecule has 0 unspecified atom stereocenters. The lowest BCUT2D eigenvalue weighted by Crippen LogP contribution is -2.41. The highest BCUT2D eigenvalue weighted by Gasteiger charge is 2.25. The van der Waals surface area contributed by atoms with E-state index in [9.17, 15) is 14.0 Å². The Morgan fingerprint density at radius 3 is 2.67 bits per heavy atom. The Bertz CT molecular complexity index is 1050. The summed E-state index contributed by atoms with van der Waals surface area (Å²) in [6.45, 7) is 1.76. The Morgan fingerprint density at radius 2 is 1.97 bits per heavy atom. The predicted molar refractivity (Wildman–Crippen MR) is 108 cm³/mol. The van der Waals surface area contributed by atoms with Crippen molar-refractivity contribution < 1.29 is 14.0 Å². The van der Waals surface area contributed by atoms with Crippen LogP contribution >= 0.6 is 0 Å². The van der Waals surface area contributed by atoms with Gasteiger partial charge in [0.25, 0.3) is 11.8 Å². The Labute approximate surface area is 173 Å². The number of rotatable bonds is 5. The van der Waals surface area contributed by atoms with Crippen molar-refractivity contribution in [2.75, 3.05) is 19.6 Å². The van der Waals surface area contributed by atoms with Gasteiger partial charge < -0.3 is 10.2 Å². The van der Waals surface area contributed by atoms with E-state index in [2.05, 4.69) is 15.5 Å². The molecule has 1 aliphatic heterocycles. The zero-order valence-electron chi connectivity index (χ0n) is 16.7. The zero-order chi connectivity index (χ0) is 21.1. The topological polar surface area (TPSA) is 85.0 Å². The van der Waals surface area contributed by atoms with E-state index in [4.69, 9.17) is 0 Å². The molecule has 0 bridgehead atoms. The molecule has 9 heteroatoms. The summed E-state index contributed by atoms with van der Waals surface area (Å²) in [6.07, 6.45) is 6.40. The number of carbonyl (C=O) groups is 2. The first kappa shape index (κ1) is 19.8. The van der Waals surface area contributed by atoms with Crippen LogP contribution in [0.3, 0.4) is 0 Å². The molecule has 0 atom stereocenters. The number of aryl methyl sites for hydroxylation is 1. The molecule has 4 rings (SSSR count). The number of likely N-dealkylation sites (tertiary alicyclic amines) is 1. The van der Waals surface area contributed by atoms with Gasteiger partial charge in [0.2, 0.25) is 0 Å². The van der Waals surface area contributed by atoms with Crippen molar-refractivity contribution in [3.8, 4) is 5.69 Å². The standard InChI is InChI=1S/C21H23FN6O2/c1-26-14-16(13-24-26)20(29)23-12-15-6-9-27(10-7-15)21(30)18-8-11-28(25-18)19-5-3-2-4-17(19)22/h2-5,8,11,13-15H,6-7,9-10,12H2,1H3,(H,23,29). The largest absolute Gasteiger partial charge is 0.352 e. The predicted octanol–water partition coefficient (Wildman–Crippen LogP) is 2.03. The number of benzene rings is 1. The van der Waals surface area contributed by atoms with Crippen LogP contribution in [0, 0.1) is 11.7 Å². The molecular weight excluding hydrogens is 387 g/mol. The minimum Gasteiger partial charge on any atom is -0.352 e. The molecule has 1 saturated heterocycles. The fourth-order valence-electron chi connectivity index (χ4n) is 3.59. The van der Waals surface area contributed by atoms with E-state index in [1.165, 1.54) is 16.9 Å². The normalized spacial score (nSPS) is 14.7. The minimum absolute atomic E-state index is 0.139. The quantitative estimate of drug-likeness (QED) is 0.698. The first-order chi connectivity index (χ1) is 14.5. The summed E-state index contributed by atoms with van der Waals surface area (Å²) in [5.74, 6) is -0.386. The average molecular weight is 410 g/mol. The fraction of sp³-hybridized carbons (Fsp3) is 0.333. The zero-order valence-corrected chi connectivity index (χ0v) is 16.7. The second-order valence-corrected chi connectivity index (χ2v) is 7.45. The molecule has 0 radical (unpaired) electrons. The molecule has 1 N–H and O–H groups in total. The number of para-hydroxylation sites is 1. The first-order valence-electron chi connectivity index (χ1n) is 9.88. The SMILES string of the molecule is Cn1cc(C(=O)NCC2CCN(C(=O)c3ccn(-c4ccccc4F)n3)CC2)cn1. The lowest BCUT2D eigenvalue weighted by Gasteiger charge is -2.31. The molecule has 0 aliphatic carbocycles. The van der Waals surface area contributed by atoms with Crippen LogP contribution < -0.4 is 5.32 Å². The Balaban J connectivity index is 1.29. The monoisotopic (exact) mass is 410 g/mol. The number of nitrogens with zero attached hydrogens (tertiary/aromatic N) is 5. The molecule has 1 fully saturated rings. The smallest absolute Gasteiger partial charge is 0.274 e. The summed E-state index contributed by atoms with van der Waals surface area (Å²) >= 11 is 0. The number of halogens is 1. The number of piperidine rings is 1. The van der Waals surface area contributed by atoms with Gasteiger partial charge in [0, 0.05) is 39.1 Å². The van der Waals surface area contributed by atoms with Crippen LogP contribution in [0.5, 0.6) is 0 Å². The van der Waals surface area contributed by atoms with E-state index < -0.39 is 5.82 Å². The van der Waals surface area contributed by atoms with E-state index in [1.807, 2.05) is 0 Å². The number of hydrogen-bond acceptors (Lipinski definition) is 4. The highest BCUT2D eigenvalue weighted by Crippen LogP contribution is 2.19. The van der Waals surface area contributed by atoms with Crippen molar-refractivity contribution in [3.05, 3.63) is 66.0 Å². The molecule has 0 spiro atoms. The highest BCUT2D eigenvalue weighted by molar-refractivity contribution is 5.93. The third kappa shape index (κ3) is 4.24. The summed E-state index contributed by atoms with van der Waals surface area (Å²) in [4.78, 5) is 26.7.